The fraction of sp³-hybridized carbons (Fsp3) is 0.750. The summed E-state index contributed by atoms with van der Waals surface area (Å²) >= 11 is 0. The number of nitrogens with two attached hydrogens (primary N) is 3. The van der Waals surface area contributed by atoms with Gasteiger partial charge < -0.3 is 42.9 Å². The maximum atomic E-state index is 13.0. The molecule has 0 aromatic heterocycles. The SMILES string of the molecule is CCC(C)C(NC(=O)C(CCCN=C(N)N)NC(=O)C1CCCN1C(=O)C(N)CO)C(=O)O. The van der Waals surface area contributed by atoms with Crippen molar-refractivity contribution >= 4 is 29.7 Å². The molecule has 0 aromatic rings. The average molecular weight is 472 g/mol. The van der Waals surface area contributed by atoms with Crippen LogP contribution in [0.1, 0.15) is 46.0 Å². The van der Waals surface area contributed by atoms with E-state index in [9.17, 15) is 24.3 Å². The lowest BCUT2D eigenvalue weighted by Gasteiger charge is -2.28. The summed E-state index contributed by atoms with van der Waals surface area (Å²) in [7, 11) is 0. The lowest BCUT2D eigenvalue weighted by atomic mass is 9.98. The van der Waals surface area contributed by atoms with E-state index in [1.165, 1.54) is 4.90 Å². The number of nitrogens with one attached hydrogen (secondary N) is 2. The number of nitrogens with zero attached hydrogens (tertiary/aromatic N) is 2. The minimum Gasteiger partial charge on any atom is -0.480 e. The molecule has 188 valence electrons. The highest BCUT2D eigenvalue weighted by Gasteiger charge is 2.38. The first-order chi connectivity index (χ1) is 15.5. The van der Waals surface area contributed by atoms with Crippen LogP contribution >= 0.6 is 0 Å². The van der Waals surface area contributed by atoms with Gasteiger partial charge in [0.05, 0.1) is 6.61 Å². The summed E-state index contributed by atoms with van der Waals surface area (Å²) in [5, 5.41) is 23.8. The maximum absolute atomic E-state index is 13.0. The van der Waals surface area contributed by atoms with Crippen LogP contribution in [0.5, 0.6) is 0 Å². The van der Waals surface area contributed by atoms with Crippen molar-refractivity contribution < 1.29 is 29.4 Å². The van der Waals surface area contributed by atoms with E-state index in [1.54, 1.807) is 6.92 Å². The zero-order valence-electron chi connectivity index (χ0n) is 19.2. The number of hydrogen-bond donors (Lipinski definition) is 7. The average Bonchev–Trinajstić information content (AvgIpc) is 3.27. The molecule has 1 aliphatic rings. The van der Waals surface area contributed by atoms with Crippen LogP contribution in [0.3, 0.4) is 0 Å². The second-order valence-electron chi connectivity index (χ2n) is 8.20. The van der Waals surface area contributed by atoms with Crippen LogP contribution in [0.25, 0.3) is 0 Å². The van der Waals surface area contributed by atoms with Crippen molar-refractivity contribution in [3.8, 4) is 0 Å². The Hall–Kier alpha value is -2.93. The molecule has 1 fully saturated rings. The monoisotopic (exact) mass is 471 g/mol. The largest absolute Gasteiger partial charge is 0.480 e. The molecule has 10 N–H and O–H groups in total. The molecule has 0 spiro atoms. The molecule has 1 aliphatic heterocycles. The summed E-state index contributed by atoms with van der Waals surface area (Å²) < 4.78 is 0. The summed E-state index contributed by atoms with van der Waals surface area (Å²) in [5.41, 5.74) is 16.2. The number of carboxylic acid groups (broad SMARTS) is 1. The first kappa shape index (κ1) is 28.1. The zero-order chi connectivity index (χ0) is 25.1. The van der Waals surface area contributed by atoms with E-state index in [1.807, 2.05) is 6.92 Å². The third-order valence-corrected chi connectivity index (χ3v) is 5.71. The summed E-state index contributed by atoms with van der Waals surface area (Å²) in [6, 6.07) is -4.15. The Bertz CT molecular complexity index is 728. The molecule has 1 saturated heterocycles. The van der Waals surface area contributed by atoms with Crippen LogP contribution in [0.2, 0.25) is 0 Å². The quantitative estimate of drug-likeness (QED) is 0.0850. The van der Waals surface area contributed by atoms with E-state index >= 15 is 0 Å². The number of guanidine groups is 1. The van der Waals surface area contributed by atoms with Crippen molar-refractivity contribution in [2.45, 2.75) is 70.1 Å². The molecule has 0 aliphatic carbocycles. The van der Waals surface area contributed by atoms with Crippen molar-refractivity contribution in [1.82, 2.24) is 15.5 Å². The number of aliphatic hydroxyl groups excluding tert-OH is 1. The van der Waals surface area contributed by atoms with Gasteiger partial charge in [-0.05, 0) is 31.6 Å². The Morgan fingerprint density at radius 1 is 1.21 bits per heavy atom. The molecule has 13 nitrogen and oxygen atoms in total. The van der Waals surface area contributed by atoms with E-state index in [2.05, 4.69) is 15.6 Å². The summed E-state index contributed by atoms with van der Waals surface area (Å²) in [6.07, 6.45) is 1.97. The molecule has 0 saturated carbocycles. The molecule has 1 rings (SSSR count). The van der Waals surface area contributed by atoms with Gasteiger partial charge in [0.15, 0.2) is 5.96 Å². The molecule has 0 aromatic carbocycles. The molecular weight excluding hydrogens is 434 g/mol. The van der Waals surface area contributed by atoms with Crippen LogP contribution in [-0.4, -0.2) is 88.6 Å². The van der Waals surface area contributed by atoms with Gasteiger partial charge in [0.25, 0.3) is 0 Å². The van der Waals surface area contributed by atoms with E-state index < -0.39 is 54.5 Å². The Labute approximate surface area is 193 Å². The number of likely N-dealkylation sites (tertiary alicyclic amines) is 1. The van der Waals surface area contributed by atoms with Gasteiger partial charge in [0, 0.05) is 13.1 Å². The normalized spacial score (nSPS) is 19.2. The minimum atomic E-state index is -1.17. The highest BCUT2D eigenvalue weighted by molar-refractivity contribution is 5.94. The number of rotatable bonds is 13. The number of hydrogen-bond acceptors (Lipinski definition) is 7. The predicted molar refractivity (Wildman–Crippen MR) is 121 cm³/mol. The molecular formula is C20H37N7O6. The van der Waals surface area contributed by atoms with Gasteiger partial charge in [-0.3, -0.25) is 19.4 Å². The van der Waals surface area contributed by atoms with Crippen molar-refractivity contribution in [2.24, 2.45) is 28.1 Å². The minimum absolute atomic E-state index is 0.108. The number of carbonyl (C=O) groups excluding carboxylic acids is 3. The number of amides is 3. The molecule has 13 heteroatoms. The van der Waals surface area contributed by atoms with Crippen LogP contribution in [0.15, 0.2) is 4.99 Å². The van der Waals surface area contributed by atoms with Crippen molar-refractivity contribution in [1.29, 1.82) is 0 Å². The van der Waals surface area contributed by atoms with Gasteiger partial charge in [-0.2, -0.15) is 0 Å². The maximum Gasteiger partial charge on any atom is 0.326 e. The Balaban J connectivity index is 2.97. The van der Waals surface area contributed by atoms with Gasteiger partial charge in [-0.25, -0.2) is 4.79 Å². The highest BCUT2D eigenvalue weighted by Crippen LogP contribution is 2.19. The van der Waals surface area contributed by atoms with Crippen LogP contribution < -0.4 is 27.8 Å². The number of carbonyl (C=O) groups is 4. The Morgan fingerprint density at radius 3 is 2.42 bits per heavy atom. The predicted octanol–water partition coefficient (Wildman–Crippen LogP) is -2.55. The van der Waals surface area contributed by atoms with Crippen LogP contribution in [0, 0.1) is 5.92 Å². The second-order valence-corrected chi connectivity index (χ2v) is 8.20. The third-order valence-electron chi connectivity index (χ3n) is 5.71. The summed E-state index contributed by atoms with van der Waals surface area (Å²) in [6.45, 7) is 3.49. The smallest absolute Gasteiger partial charge is 0.326 e. The molecule has 0 radical (unpaired) electrons. The van der Waals surface area contributed by atoms with Crippen molar-refractivity contribution in [3.63, 3.8) is 0 Å². The van der Waals surface area contributed by atoms with Crippen LogP contribution in [0.4, 0.5) is 0 Å². The number of aliphatic imine (C=N–C) groups is 1. The first-order valence-electron chi connectivity index (χ1n) is 11.1. The Morgan fingerprint density at radius 2 is 1.88 bits per heavy atom. The van der Waals surface area contributed by atoms with Crippen molar-refractivity contribution in [2.75, 3.05) is 19.7 Å². The molecule has 3 amide bonds. The molecule has 5 atom stereocenters. The van der Waals surface area contributed by atoms with Crippen molar-refractivity contribution in [3.05, 3.63) is 0 Å². The van der Waals surface area contributed by atoms with Crippen LogP contribution in [-0.2, 0) is 19.2 Å². The van der Waals surface area contributed by atoms with E-state index in [-0.39, 0.29) is 24.8 Å². The molecule has 5 unspecified atom stereocenters. The number of aliphatic hydroxyl groups is 1. The van der Waals surface area contributed by atoms with Gasteiger partial charge >= 0.3 is 5.97 Å². The van der Waals surface area contributed by atoms with E-state index in [0.717, 1.165) is 0 Å². The number of carboxylic acids is 1. The third kappa shape index (κ3) is 8.50. The molecule has 0 bridgehead atoms. The Kier molecular flexibility index (Phi) is 11.6. The topological polar surface area (TPSA) is 226 Å². The standard InChI is InChI=1S/C20H37N7O6/c1-3-11(2)15(19(32)33)26-16(29)13(6-4-8-24-20(22)23)25-17(30)14-7-5-9-27(14)18(31)12(21)10-28/h11-15,28H,3-10,21H2,1-2H3,(H,25,30)(H,26,29)(H,32,33)(H4,22,23,24). The fourth-order valence-electron chi connectivity index (χ4n) is 3.57. The molecule has 33 heavy (non-hydrogen) atoms. The van der Waals surface area contributed by atoms with E-state index in [4.69, 9.17) is 22.3 Å². The van der Waals surface area contributed by atoms with Gasteiger partial charge in [0.1, 0.15) is 24.2 Å². The highest BCUT2D eigenvalue weighted by atomic mass is 16.4. The first-order valence-corrected chi connectivity index (χ1v) is 11.1. The summed E-state index contributed by atoms with van der Waals surface area (Å²) in [5.74, 6) is -3.36. The number of aliphatic carboxylic acids is 1. The van der Waals surface area contributed by atoms with Gasteiger partial charge in [-0.15, -0.1) is 0 Å². The molecule has 1 heterocycles. The second kappa shape index (κ2) is 13.6. The lowest BCUT2D eigenvalue weighted by molar-refractivity contribution is -0.144. The summed E-state index contributed by atoms with van der Waals surface area (Å²) in [4.78, 5) is 55.0. The van der Waals surface area contributed by atoms with E-state index in [0.29, 0.717) is 32.2 Å². The lowest BCUT2D eigenvalue weighted by Crippen LogP contribution is -2.57. The fourth-order valence-corrected chi connectivity index (χ4v) is 3.57. The zero-order valence-corrected chi connectivity index (χ0v) is 19.2. The van der Waals surface area contributed by atoms with Gasteiger partial charge in [-0.1, -0.05) is 20.3 Å². The van der Waals surface area contributed by atoms with Gasteiger partial charge in [0.2, 0.25) is 17.7 Å².